The fourth-order valence-corrected chi connectivity index (χ4v) is 3.85. The normalized spacial score (nSPS) is 11.0. The number of benzene rings is 2. The lowest BCUT2D eigenvalue weighted by molar-refractivity contribution is -0.119. The van der Waals surface area contributed by atoms with E-state index in [9.17, 15) is 4.79 Å². The number of para-hydroxylation sites is 1. The van der Waals surface area contributed by atoms with Crippen LogP contribution in [0.25, 0.3) is 16.3 Å². The van der Waals surface area contributed by atoms with Crippen molar-refractivity contribution in [3.8, 4) is 16.3 Å². The lowest BCUT2D eigenvalue weighted by Gasteiger charge is -2.05. The molecule has 2 heterocycles. The smallest absolute Gasteiger partial charge is 0.259 e. The number of hydrogen-bond donors (Lipinski definition) is 2. The Bertz CT molecular complexity index is 1140. The van der Waals surface area contributed by atoms with Gasteiger partial charge in [0.25, 0.3) is 5.91 Å². The van der Waals surface area contributed by atoms with Crippen LogP contribution in [0.5, 0.6) is 0 Å². The van der Waals surface area contributed by atoms with Crippen LogP contribution in [0.3, 0.4) is 0 Å². The topological polar surface area (TPSA) is 71.3 Å². The average molecular weight is 527 g/mol. The van der Waals surface area contributed by atoms with Crippen LogP contribution in [0.2, 0.25) is 0 Å². The van der Waals surface area contributed by atoms with Crippen LogP contribution in [-0.2, 0) is 4.79 Å². The van der Waals surface area contributed by atoms with Crippen molar-refractivity contribution in [2.45, 2.75) is 0 Å². The molecule has 2 aromatic carbocycles. The van der Waals surface area contributed by atoms with Gasteiger partial charge in [-0.1, -0.05) is 24.3 Å². The van der Waals surface area contributed by atoms with E-state index >= 15 is 0 Å². The second-order valence-corrected chi connectivity index (χ2v) is 8.54. The standard InChI is InChI=1S/C22H18IN5OS/c23-17-8-10-18(11-9-17)24-14-21(29)26-25-13-16-15-28(19-5-2-1-3-6-19)27-22(16)20-7-4-12-30-20/h1-13,15,24H,14H2,(H,26,29)/b25-13-. The summed E-state index contributed by atoms with van der Waals surface area (Å²) in [6, 6.07) is 21.7. The number of hydrogen-bond acceptors (Lipinski definition) is 5. The molecule has 0 radical (unpaired) electrons. The summed E-state index contributed by atoms with van der Waals surface area (Å²) < 4.78 is 2.96. The summed E-state index contributed by atoms with van der Waals surface area (Å²) in [6.07, 6.45) is 3.54. The van der Waals surface area contributed by atoms with Crippen LogP contribution in [0, 0.1) is 3.57 Å². The Morgan fingerprint density at radius 2 is 1.90 bits per heavy atom. The maximum absolute atomic E-state index is 12.1. The first kappa shape index (κ1) is 20.3. The molecule has 4 aromatic rings. The summed E-state index contributed by atoms with van der Waals surface area (Å²) in [5.41, 5.74) is 6.06. The van der Waals surface area contributed by atoms with Gasteiger partial charge in [-0.15, -0.1) is 11.3 Å². The van der Waals surface area contributed by atoms with Crippen molar-refractivity contribution in [1.82, 2.24) is 15.2 Å². The van der Waals surface area contributed by atoms with Gasteiger partial charge in [-0.25, -0.2) is 10.1 Å². The largest absolute Gasteiger partial charge is 0.376 e. The molecular formula is C22H18IN5OS. The zero-order chi connectivity index (χ0) is 20.8. The maximum Gasteiger partial charge on any atom is 0.259 e. The SMILES string of the molecule is O=C(CNc1ccc(I)cc1)N/N=C\c1cn(-c2ccccc2)nc1-c1cccs1. The van der Waals surface area contributed by atoms with E-state index in [1.54, 1.807) is 17.6 Å². The number of anilines is 1. The lowest BCUT2D eigenvalue weighted by Crippen LogP contribution is -2.25. The summed E-state index contributed by atoms with van der Waals surface area (Å²) in [5, 5.41) is 13.9. The maximum atomic E-state index is 12.1. The van der Waals surface area contributed by atoms with E-state index in [0.717, 1.165) is 31.1 Å². The number of carbonyl (C=O) groups excluding carboxylic acids is 1. The van der Waals surface area contributed by atoms with E-state index in [1.165, 1.54) is 0 Å². The number of thiophene rings is 1. The molecule has 8 heteroatoms. The first-order valence-electron chi connectivity index (χ1n) is 9.19. The molecule has 6 nitrogen and oxygen atoms in total. The minimum atomic E-state index is -0.224. The summed E-state index contributed by atoms with van der Waals surface area (Å²) in [6.45, 7) is 0.138. The highest BCUT2D eigenvalue weighted by atomic mass is 127. The first-order valence-corrected chi connectivity index (χ1v) is 11.2. The minimum absolute atomic E-state index is 0.138. The highest BCUT2D eigenvalue weighted by molar-refractivity contribution is 14.1. The molecule has 0 unspecified atom stereocenters. The zero-order valence-corrected chi connectivity index (χ0v) is 18.8. The van der Waals surface area contributed by atoms with Crippen LogP contribution in [-0.4, -0.2) is 28.4 Å². The monoisotopic (exact) mass is 527 g/mol. The van der Waals surface area contributed by atoms with Crippen molar-refractivity contribution in [3.05, 3.63) is 87.4 Å². The van der Waals surface area contributed by atoms with Crippen LogP contribution in [0.15, 0.2) is 83.4 Å². The number of nitrogens with one attached hydrogen (secondary N) is 2. The Hall–Kier alpha value is -2.98. The van der Waals surface area contributed by atoms with Crippen molar-refractivity contribution in [3.63, 3.8) is 0 Å². The molecule has 0 saturated heterocycles. The van der Waals surface area contributed by atoms with E-state index in [-0.39, 0.29) is 12.5 Å². The van der Waals surface area contributed by atoms with Crippen molar-refractivity contribution >= 4 is 51.7 Å². The van der Waals surface area contributed by atoms with E-state index in [0.29, 0.717) is 0 Å². The van der Waals surface area contributed by atoms with Crippen LogP contribution >= 0.6 is 33.9 Å². The van der Waals surface area contributed by atoms with Gasteiger partial charge in [-0.2, -0.15) is 10.2 Å². The third kappa shape index (κ3) is 5.14. The Morgan fingerprint density at radius 1 is 1.10 bits per heavy atom. The third-order valence-electron chi connectivity index (χ3n) is 4.21. The van der Waals surface area contributed by atoms with Gasteiger partial charge in [-0.3, -0.25) is 4.79 Å². The molecular weight excluding hydrogens is 509 g/mol. The second kappa shape index (κ2) is 9.68. The van der Waals surface area contributed by atoms with Crippen LogP contribution < -0.4 is 10.7 Å². The van der Waals surface area contributed by atoms with Crippen molar-refractivity contribution in [2.75, 3.05) is 11.9 Å². The fraction of sp³-hybridized carbons (Fsp3) is 0.0455. The van der Waals surface area contributed by atoms with Crippen LogP contribution in [0.4, 0.5) is 5.69 Å². The first-order chi connectivity index (χ1) is 14.7. The Morgan fingerprint density at radius 3 is 2.63 bits per heavy atom. The molecule has 0 atom stereocenters. The Kier molecular flexibility index (Phi) is 6.55. The minimum Gasteiger partial charge on any atom is -0.376 e. The lowest BCUT2D eigenvalue weighted by atomic mass is 10.2. The average Bonchev–Trinajstić information content (AvgIpc) is 3.44. The summed E-state index contributed by atoms with van der Waals surface area (Å²) in [7, 11) is 0. The highest BCUT2D eigenvalue weighted by Crippen LogP contribution is 2.26. The van der Waals surface area contributed by atoms with Gasteiger partial charge in [-0.05, 0) is 70.4 Å². The summed E-state index contributed by atoms with van der Waals surface area (Å²) in [5.74, 6) is -0.224. The Labute approximate surface area is 191 Å². The predicted octanol–water partition coefficient (Wildman–Crippen LogP) is 4.77. The van der Waals surface area contributed by atoms with E-state index in [4.69, 9.17) is 5.10 Å². The van der Waals surface area contributed by atoms with Crippen molar-refractivity contribution in [2.24, 2.45) is 5.10 Å². The molecule has 0 spiro atoms. The van der Waals surface area contributed by atoms with Gasteiger partial charge in [0.05, 0.1) is 23.3 Å². The molecule has 0 aliphatic heterocycles. The number of nitrogens with zero attached hydrogens (tertiary/aromatic N) is 3. The number of carbonyl (C=O) groups is 1. The Balaban J connectivity index is 1.45. The van der Waals surface area contributed by atoms with E-state index in [1.807, 2.05) is 83.0 Å². The predicted molar refractivity (Wildman–Crippen MR) is 130 cm³/mol. The van der Waals surface area contributed by atoms with Crippen molar-refractivity contribution in [1.29, 1.82) is 0 Å². The molecule has 2 N–H and O–H groups in total. The molecule has 1 amide bonds. The third-order valence-corrected chi connectivity index (χ3v) is 5.80. The molecule has 4 rings (SSSR count). The van der Waals surface area contributed by atoms with E-state index < -0.39 is 0 Å². The number of aromatic nitrogens is 2. The van der Waals surface area contributed by atoms with Gasteiger partial charge in [0.1, 0.15) is 5.69 Å². The molecule has 0 fully saturated rings. The van der Waals surface area contributed by atoms with Gasteiger partial charge in [0.15, 0.2) is 0 Å². The summed E-state index contributed by atoms with van der Waals surface area (Å²) in [4.78, 5) is 13.1. The van der Waals surface area contributed by atoms with Gasteiger partial charge >= 0.3 is 0 Å². The van der Waals surface area contributed by atoms with Crippen molar-refractivity contribution < 1.29 is 4.79 Å². The molecule has 0 aliphatic rings. The number of hydrazone groups is 1. The number of rotatable bonds is 7. The van der Waals surface area contributed by atoms with Gasteiger partial charge < -0.3 is 5.32 Å². The number of amides is 1. The van der Waals surface area contributed by atoms with Gasteiger partial charge in [0.2, 0.25) is 0 Å². The van der Waals surface area contributed by atoms with Gasteiger partial charge in [0, 0.05) is 21.0 Å². The summed E-state index contributed by atoms with van der Waals surface area (Å²) >= 11 is 3.85. The zero-order valence-electron chi connectivity index (χ0n) is 15.8. The highest BCUT2D eigenvalue weighted by Gasteiger charge is 2.12. The second-order valence-electron chi connectivity index (χ2n) is 6.34. The molecule has 150 valence electrons. The van der Waals surface area contributed by atoms with E-state index in [2.05, 4.69) is 38.4 Å². The number of halogens is 1. The molecule has 0 saturated carbocycles. The molecule has 0 aliphatic carbocycles. The van der Waals surface area contributed by atoms with Crippen LogP contribution in [0.1, 0.15) is 5.56 Å². The molecule has 0 bridgehead atoms. The molecule has 30 heavy (non-hydrogen) atoms. The fourth-order valence-electron chi connectivity index (χ4n) is 2.76. The molecule has 2 aromatic heterocycles. The quantitative estimate of drug-likeness (QED) is 0.207.